The van der Waals surface area contributed by atoms with Gasteiger partial charge < -0.3 is 4.74 Å². The average Bonchev–Trinajstić information content (AvgIpc) is 2.81. The topological polar surface area (TPSA) is 71.5 Å². The van der Waals surface area contributed by atoms with E-state index in [0.29, 0.717) is 11.1 Å². The quantitative estimate of drug-likeness (QED) is 0.363. The van der Waals surface area contributed by atoms with E-state index in [1.165, 1.54) is 12.1 Å². The summed E-state index contributed by atoms with van der Waals surface area (Å²) in [5.74, 6) is -0.391. The van der Waals surface area contributed by atoms with Crippen LogP contribution in [0.2, 0.25) is 0 Å². The fraction of sp³-hybridized carbons (Fsp3) is 0.519. The number of aromatic nitrogens is 1. The van der Waals surface area contributed by atoms with Gasteiger partial charge in [0.15, 0.2) is 0 Å². The van der Waals surface area contributed by atoms with Crippen molar-refractivity contribution in [2.45, 2.75) is 79.2 Å². The molecular formula is C27H39N3O3. The van der Waals surface area contributed by atoms with Crippen LogP contribution in [0.25, 0.3) is 0 Å². The fourth-order valence-corrected chi connectivity index (χ4v) is 3.90. The maximum atomic E-state index is 13.8. The van der Waals surface area contributed by atoms with E-state index in [-0.39, 0.29) is 29.2 Å². The van der Waals surface area contributed by atoms with E-state index in [9.17, 15) is 9.59 Å². The number of methoxy groups -OCH3 is 1. The second-order valence-electron chi connectivity index (χ2n) is 9.46. The minimum absolute atomic E-state index is 0.203. The standard InChI is InChI=1S/C27H39N3O3/c1-7-9-10-11-14-23(27(3,4)5)30(26(32)22-13-12-19-28-25(22)33-6)29-24(31)21-17-15-20(8-2)16-18-21/h12-13,15-19,23H,7-11,14H2,1-6H3,(H,29,31). The van der Waals surface area contributed by atoms with Crippen molar-refractivity contribution >= 4 is 11.8 Å². The van der Waals surface area contributed by atoms with Gasteiger partial charge in [0, 0.05) is 11.8 Å². The molecule has 1 aromatic heterocycles. The van der Waals surface area contributed by atoms with Crippen molar-refractivity contribution < 1.29 is 14.3 Å². The SMILES string of the molecule is CCCCCCC(N(NC(=O)c1ccc(CC)cc1)C(=O)c1cccnc1OC)C(C)(C)C. The van der Waals surface area contributed by atoms with Crippen LogP contribution in [0.4, 0.5) is 0 Å². The minimum Gasteiger partial charge on any atom is -0.480 e. The van der Waals surface area contributed by atoms with Gasteiger partial charge in [-0.1, -0.05) is 72.4 Å². The van der Waals surface area contributed by atoms with Crippen molar-refractivity contribution in [2.24, 2.45) is 5.41 Å². The third-order valence-electron chi connectivity index (χ3n) is 5.90. The van der Waals surface area contributed by atoms with Crippen LogP contribution in [0, 0.1) is 5.41 Å². The maximum absolute atomic E-state index is 13.8. The van der Waals surface area contributed by atoms with Gasteiger partial charge in [0.2, 0.25) is 5.88 Å². The zero-order valence-corrected chi connectivity index (χ0v) is 21.0. The Morgan fingerprint density at radius 3 is 2.33 bits per heavy atom. The van der Waals surface area contributed by atoms with Crippen LogP contribution in [-0.2, 0) is 6.42 Å². The molecule has 2 amide bonds. The number of carbonyl (C=O) groups excluding carboxylic acids is 2. The molecule has 33 heavy (non-hydrogen) atoms. The van der Waals surface area contributed by atoms with Crippen LogP contribution in [0.15, 0.2) is 42.6 Å². The normalized spacial score (nSPS) is 12.2. The lowest BCUT2D eigenvalue weighted by atomic mass is 9.82. The Balaban J connectivity index is 2.41. The first-order valence-electron chi connectivity index (χ1n) is 11.9. The summed E-state index contributed by atoms with van der Waals surface area (Å²) in [7, 11) is 1.49. The highest BCUT2D eigenvalue weighted by atomic mass is 16.5. The molecule has 1 aromatic carbocycles. The number of carbonyl (C=O) groups is 2. The predicted octanol–water partition coefficient (Wildman–Crippen LogP) is 5.82. The monoisotopic (exact) mass is 453 g/mol. The summed E-state index contributed by atoms with van der Waals surface area (Å²) >= 11 is 0. The molecule has 0 aliphatic rings. The molecule has 1 heterocycles. The van der Waals surface area contributed by atoms with Crippen molar-refractivity contribution in [1.82, 2.24) is 15.4 Å². The average molecular weight is 454 g/mol. The van der Waals surface area contributed by atoms with Crippen molar-refractivity contribution in [3.05, 3.63) is 59.3 Å². The molecule has 0 saturated carbocycles. The first-order chi connectivity index (χ1) is 15.7. The third-order valence-corrected chi connectivity index (χ3v) is 5.90. The first kappa shape index (κ1) is 26.4. The molecule has 6 nitrogen and oxygen atoms in total. The first-order valence-corrected chi connectivity index (χ1v) is 11.9. The summed E-state index contributed by atoms with van der Waals surface area (Å²) in [5, 5.41) is 1.50. The predicted molar refractivity (Wildman–Crippen MR) is 132 cm³/mol. The molecule has 0 spiro atoms. The molecule has 180 valence electrons. The van der Waals surface area contributed by atoms with Gasteiger partial charge in [0.05, 0.1) is 13.2 Å². The molecule has 1 unspecified atom stereocenters. The summed E-state index contributed by atoms with van der Waals surface area (Å²) in [6.07, 6.45) is 7.62. The molecule has 0 aliphatic carbocycles. The molecule has 0 aliphatic heterocycles. The van der Waals surface area contributed by atoms with Gasteiger partial charge in [-0.3, -0.25) is 15.0 Å². The van der Waals surface area contributed by atoms with Crippen LogP contribution in [0.3, 0.4) is 0 Å². The molecule has 2 aromatic rings. The number of hydrogen-bond donors (Lipinski definition) is 1. The number of pyridine rings is 1. The van der Waals surface area contributed by atoms with E-state index in [0.717, 1.165) is 44.1 Å². The van der Waals surface area contributed by atoms with Gasteiger partial charge in [-0.25, -0.2) is 9.99 Å². The van der Waals surface area contributed by atoms with Gasteiger partial charge in [-0.05, 0) is 48.1 Å². The number of amides is 2. The summed E-state index contributed by atoms with van der Waals surface area (Å²) in [6.45, 7) is 10.5. The number of hydrogen-bond acceptors (Lipinski definition) is 4. The molecule has 6 heteroatoms. The van der Waals surface area contributed by atoms with E-state index in [1.807, 2.05) is 12.1 Å². The lowest BCUT2D eigenvalue weighted by Crippen LogP contribution is -2.56. The van der Waals surface area contributed by atoms with E-state index < -0.39 is 0 Å². The second-order valence-corrected chi connectivity index (χ2v) is 9.46. The lowest BCUT2D eigenvalue weighted by molar-refractivity contribution is 0.0263. The Morgan fingerprint density at radius 1 is 1.06 bits per heavy atom. The highest BCUT2D eigenvalue weighted by Gasteiger charge is 2.36. The summed E-state index contributed by atoms with van der Waals surface area (Å²) in [6, 6.07) is 10.7. The van der Waals surface area contributed by atoms with E-state index >= 15 is 0 Å². The number of unbranched alkanes of at least 4 members (excludes halogenated alkanes) is 3. The van der Waals surface area contributed by atoms with E-state index in [2.05, 4.69) is 45.0 Å². The van der Waals surface area contributed by atoms with Gasteiger partial charge >= 0.3 is 0 Å². The Labute approximate surface area is 198 Å². The van der Waals surface area contributed by atoms with E-state index in [1.54, 1.807) is 30.5 Å². The second kappa shape index (κ2) is 12.4. The third kappa shape index (κ3) is 7.31. The number of hydrazine groups is 1. The summed E-state index contributed by atoms with van der Waals surface area (Å²) in [4.78, 5) is 31.1. The van der Waals surface area contributed by atoms with Gasteiger partial charge in [-0.15, -0.1) is 0 Å². The van der Waals surface area contributed by atoms with Gasteiger partial charge in [0.1, 0.15) is 5.56 Å². The Kier molecular flexibility index (Phi) is 9.89. The number of rotatable bonds is 10. The number of aryl methyl sites for hydroxylation is 1. The van der Waals surface area contributed by atoms with Crippen LogP contribution in [0.1, 0.15) is 93.0 Å². The number of nitrogens with zero attached hydrogens (tertiary/aromatic N) is 2. The van der Waals surface area contributed by atoms with Crippen LogP contribution < -0.4 is 10.2 Å². The van der Waals surface area contributed by atoms with Gasteiger partial charge in [0.25, 0.3) is 11.8 Å². The zero-order valence-electron chi connectivity index (χ0n) is 21.0. The van der Waals surface area contributed by atoms with Crippen molar-refractivity contribution in [3.63, 3.8) is 0 Å². The van der Waals surface area contributed by atoms with Crippen LogP contribution in [-0.4, -0.2) is 35.0 Å². The Hall–Kier alpha value is -2.89. The maximum Gasteiger partial charge on any atom is 0.278 e. The summed E-state index contributed by atoms with van der Waals surface area (Å²) in [5.41, 5.74) is 4.67. The number of benzene rings is 1. The molecule has 0 saturated heterocycles. The highest BCUT2D eigenvalue weighted by Crippen LogP contribution is 2.30. The molecule has 0 radical (unpaired) electrons. The van der Waals surface area contributed by atoms with Crippen molar-refractivity contribution in [1.29, 1.82) is 0 Å². The number of nitrogens with one attached hydrogen (secondary N) is 1. The molecule has 1 N–H and O–H groups in total. The Morgan fingerprint density at radius 2 is 1.76 bits per heavy atom. The largest absolute Gasteiger partial charge is 0.480 e. The molecule has 2 rings (SSSR count). The highest BCUT2D eigenvalue weighted by molar-refractivity contribution is 6.00. The van der Waals surface area contributed by atoms with Crippen molar-refractivity contribution in [2.75, 3.05) is 7.11 Å². The van der Waals surface area contributed by atoms with Gasteiger partial charge in [-0.2, -0.15) is 0 Å². The van der Waals surface area contributed by atoms with E-state index in [4.69, 9.17) is 4.74 Å². The molecule has 0 bridgehead atoms. The van der Waals surface area contributed by atoms with Crippen LogP contribution in [0.5, 0.6) is 5.88 Å². The van der Waals surface area contributed by atoms with Crippen LogP contribution >= 0.6 is 0 Å². The lowest BCUT2D eigenvalue weighted by Gasteiger charge is -2.40. The fourth-order valence-electron chi connectivity index (χ4n) is 3.90. The Bertz CT molecular complexity index is 904. The minimum atomic E-state index is -0.325. The molecule has 1 atom stereocenters. The molecule has 0 fully saturated rings. The molecular weight excluding hydrogens is 414 g/mol. The zero-order chi connectivity index (χ0) is 24.4. The smallest absolute Gasteiger partial charge is 0.278 e. The number of ether oxygens (including phenoxy) is 1. The van der Waals surface area contributed by atoms with Crippen molar-refractivity contribution in [3.8, 4) is 5.88 Å². The summed E-state index contributed by atoms with van der Waals surface area (Å²) < 4.78 is 5.34.